The normalized spacial score (nSPS) is 29.7. The Labute approximate surface area is 254 Å². The fourth-order valence-electron chi connectivity index (χ4n) is 7.86. The van der Waals surface area contributed by atoms with Crippen LogP contribution in [0.4, 0.5) is 5.69 Å². The topological polar surface area (TPSA) is 74.5 Å². The number of fused-ring (bicyclic) bond motifs is 3. The molecule has 0 amide bonds. The maximum atomic E-state index is 13.5. The Morgan fingerprint density at radius 3 is 2.50 bits per heavy atom. The zero-order valence-corrected chi connectivity index (χ0v) is 26.5. The van der Waals surface area contributed by atoms with Crippen molar-refractivity contribution in [3.63, 3.8) is 0 Å². The lowest BCUT2D eigenvalue weighted by Gasteiger charge is -2.61. The molecule has 0 spiro atoms. The molecule has 3 aromatic rings. The number of anilines is 1. The number of piperazine rings is 1. The van der Waals surface area contributed by atoms with Crippen molar-refractivity contribution in [3.8, 4) is 0 Å². The van der Waals surface area contributed by atoms with Crippen LogP contribution in [0.3, 0.4) is 0 Å². The average Bonchev–Trinajstić information content (AvgIpc) is 2.94. The quantitative estimate of drug-likeness (QED) is 0.267. The predicted molar refractivity (Wildman–Crippen MR) is 174 cm³/mol. The third kappa shape index (κ3) is 5.58. The van der Waals surface area contributed by atoms with Crippen molar-refractivity contribution < 1.29 is 0 Å². The molecule has 1 saturated heterocycles. The van der Waals surface area contributed by atoms with Crippen LogP contribution in [-0.2, 0) is 6.42 Å². The summed E-state index contributed by atoms with van der Waals surface area (Å²) >= 11 is 6.05. The number of hydrogen-bond acceptors (Lipinski definition) is 4. The lowest BCUT2D eigenvalue weighted by Crippen LogP contribution is -2.59. The summed E-state index contributed by atoms with van der Waals surface area (Å²) < 4.78 is 1.73. The number of nitrogens with zero attached hydrogens (tertiary/aromatic N) is 4. The summed E-state index contributed by atoms with van der Waals surface area (Å²) in [5.74, 6) is 2.99. The van der Waals surface area contributed by atoms with E-state index in [2.05, 4.69) is 57.1 Å². The summed E-state index contributed by atoms with van der Waals surface area (Å²) in [5, 5.41) is 8.67. The minimum Gasteiger partial charge on any atom is -0.340 e. The van der Waals surface area contributed by atoms with Crippen LogP contribution in [0.25, 0.3) is 10.9 Å². The van der Waals surface area contributed by atoms with Gasteiger partial charge in [-0.2, -0.15) is 0 Å². The predicted octanol–water partition coefficient (Wildman–Crippen LogP) is 6.37. The molecule has 224 valence electrons. The van der Waals surface area contributed by atoms with Crippen LogP contribution < -0.4 is 16.2 Å². The van der Waals surface area contributed by atoms with Gasteiger partial charge in [-0.3, -0.25) is 9.36 Å². The third-order valence-corrected chi connectivity index (χ3v) is 10.7. The first-order valence-corrected chi connectivity index (χ1v) is 16.0. The van der Waals surface area contributed by atoms with E-state index in [4.69, 9.17) is 21.6 Å². The van der Waals surface area contributed by atoms with Crippen LogP contribution in [0.1, 0.15) is 66.0 Å². The molecule has 8 heteroatoms. The number of halogens is 1. The maximum absolute atomic E-state index is 13.5. The van der Waals surface area contributed by atoms with Crippen LogP contribution in [0.15, 0.2) is 58.6 Å². The second-order valence-electron chi connectivity index (χ2n) is 13.8. The Bertz CT molecular complexity index is 1520. The molecule has 0 radical (unpaired) electrons. The average molecular weight is 589 g/mol. The van der Waals surface area contributed by atoms with Gasteiger partial charge in [0.15, 0.2) is 5.96 Å². The first kappa shape index (κ1) is 29.2. The smallest absolute Gasteiger partial charge is 0.261 e. The van der Waals surface area contributed by atoms with Gasteiger partial charge in [0.1, 0.15) is 0 Å². The van der Waals surface area contributed by atoms with E-state index in [0.717, 1.165) is 55.0 Å². The summed E-state index contributed by atoms with van der Waals surface area (Å²) in [6.07, 6.45) is 4.90. The van der Waals surface area contributed by atoms with Gasteiger partial charge in [0, 0.05) is 41.9 Å². The molecule has 7 rings (SSSR count). The molecule has 1 unspecified atom stereocenters. The second-order valence-corrected chi connectivity index (χ2v) is 14.3. The molecule has 4 fully saturated rings. The highest BCUT2D eigenvalue weighted by Crippen LogP contribution is 2.61. The highest BCUT2D eigenvalue weighted by atomic mass is 35.5. The van der Waals surface area contributed by atoms with E-state index in [-0.39, 0.29) is 11.6 Å². The Balaban J connectivity index is 1.26. The molecule has 1 aromatic heterocycles. The second kappa shape index (κ2) is 11.3. The van der Waals surface area contributed by atoms with E-state index in [1.165, 1.54) is 6.42 Å². The molecule has 3 saturated carbocycles. The number of guanidine groups is 1. The minimum absolute atomic E-state index is 0.0236. The third-order valence-electron chi connectivity index (χ3n) is 10.4. The molecule has 2 N–H and O–H groups in total. The zero-order valence-electron chi connectivity index (χ0n) is 25.8. The molecule has 1 aliphatic heterocycles. The molecule has 2 heterocycles. The van der Waals surface area contributed by atoms with Crippen molar-refractivity contribution in [3.05, 3.63) is 69.7 Å². The van der Waals surface area contributed by atoms with Gasteiger partial charge in [0.2, 0.25) is 0 Å². The number of nitrogens with one attached hydrogen (secondary N) is 2. The summed E-state index contributed by atoms with van der Waals surface area (Å²) in [6, 6.07) is 14.7. The molecule has 7 nitrogen and oxygen atoms in total. The maximum Gasteiger partial charge on any atom is 0.261 e. The fourth-order valence-corrected chi connectivity index (χ4v) is 7.98. The highest BCUT2D eigenvalue weighted by Gasteiger charge is 2.56. The number of aliphatic imine (C=N–C) groups is 1. The van der Waals surface area contributed by atoms with Crippen LogP contribution >= 0.6 is 11.6 Å². The van der Waals surface area contributed by atoms with Crippen molar-refractivity contribution >= 4 is 34.2 Å². The van der Waals surface area contributed by atoms with Crippen molar-refractivity contribution in [1.82, 2.24) is 19.8 Å². The molecule has 7 atom stereocenters. The largest absolute Gasteiger partial charge is 0.340 e. The standard InChI is InChI=1S/C34H45ClN6O/c1-20-17-40(18-21(2)37-20)33(39-30-15-25-14-29(23(30)4)34(25,5)6)38-27-11-12-28-31(16-27)36-19-41(32(28)42)22(3)13-24-7-9-26(35)10-8-24/h7-12,16,19-23,25,29-30,37H,13-15,17-18H2,1-6H3,(H,38,39)/t20-,21+,22-,23+,25-,29+,30?/m1/s1. The Morgan fingerprint density at radius 1 is 1.12 bits per heavy atom. The summed E-state index contributed by atoms with van der Waals surface area (Å²) in [7, 11) is 0. The molecule has 2 aromatic carbocycles. The van der Waals surface area contributed by atoms with Gasteiger partial charge in [-0.25, -0.2) is 9.98 Å². The molecule has 4 aliphatic rings. The first-order chi connectivity index (χ1) is 20.0. The van der Waals surface area contributed by atoms with Gasteiger partial charge in [-0.15, -0.1) is 0 Å². The summed E-state index contributed by atoms with van der Waals surface area (Å²) in [6.45, 7) is 15.6. The van der Waals surface area contributed by atoms with Gasteiger partial charge in [-0.05, 0) is 99.1 Å². The molecular weight excluding hydrogens is 544 g/mol. The van der Waals surface area contributed by atoms with E-state index >= 15 is 0 Å². The van der Waals surface area contributed by atoms with Gasteiger partial charge < -0.3 is 15.5 Å². The van der Waals surface area contributed by atoms with Crippen LogP contribution in [0.5, 0.6) is 0 Å². The van der Waals surface area contributed by atoms with Gasteiger partial charge in [0.05, 0.1) is 23.3 Å². The Morgan fingerprint density at radius 2 is 1.83 bits per heavy atom. The van der Waals surface area contributed by atoms with Crippen molar-refractivity contribution in [2.45, 2.75) is 85.0 Å². The molecule has 42 heavy (non-hydrogen) atoms. The number of hydrogen-bond donors (Lipinski definition) is 2. The van der Waals surface area contributed by atoms with E-state index in [9.17, 15) is 4.79 Å². The van der Waals surface area contributed by atoms with Crippen LogP contribution in [0.2, 0.25) is 5.02 Å². The number of rotatable bonds is 5. The highest BCUT2D eigenvalue weighted by molar-refractivity contribution is 6.30. The van der Waals surface area contributed by atoms with Crippen molar-refractivity contribution in [2.24, 2.45) is 28.2 Å². The van der Waals surface area contributed by atoms with Gasteiger partial charge in [-0.1, -0.05) is 44.5 Å². The first-order valence-electron chi connectivity index (χ1n) is 15.6. The zero-order chi connectivity index (χ0) is 29.8. The minimum atomic E-state index is -0.0301. The van der Waals surface area contributed by atoms with E-state index in [1.54, 1.807) is 10.9 Å². The van der Waals surface area contributed by atoms with Crippen LogP contribution in [-0.4, -0.2) is 51.6 Å². The lowest BCUT2D eigenvalue weighted by molar-refractivity contribution is -0.108. The molecular formula is C34H45ClN6O. The van der Waals surface area contributed by atoms with E-state index < -0.39 is 0 Å². The van der Waals surface area contributed by atoms with Gasteiger partial charge in [0.25, 0.3) is 5.56 Å². The van der Waals surface area contributed by atoms with Crippen LogP contribution in [0, 0.1) is 23.2 Å². The van der Waals surface area contributed by atoms with E-state index in [0.29, 0.717) is 45.4 Å². The SMILES string of the molecule is C[C@@H]1CN(C(=NC2C[C@H]3C[C@@H]([C@@H]2C)C3(C)C)Nc2ccc3c(=O)n([C@H](C)Cc4ccc(Cl)cc4)cnc3c2)C[C@H](C)N1. The monoisotopic (exact) mass is 588 g/mol. The van der Waals surface area contributed by atoms with Crippen molar-refractivity contribution in [1.29, 1.82) is 0 Å². The Hall–Kier alpha value is -2.90. The lowest BCUT2D eigenvalue weighted by atomic mass is 9.45. The molecule has 3 aliphatic carbocycles. The van der Waals surface area contributed by atoms with Gasteiger partial charge >= 0.3 is 0 Å². The summed E-state index contributed by atoms with van der Waals surface area (Å²) in [5.41, 5.74) is 3.14. The van der Waals surface area contributed by atoms with Crippen molar-refractivity contribution in [2.75, 3.05) is 18.4 Å². The molecule has 2 bridgehead atoms. The summed E-state index contributed by atoms with van der Waals surface area (Å²) in [4.78, 5) is 26.1. The fraction of sp³-hybridized carbons (Fsp3) is 0.559. The number of aromatic nitrogens is 2. The Kier molecular flexibility index (Phi) is 7.86. The van der Waals surface area contributed by atoms with E-state index in [1.807, 2.05) is 42.5 Å². The number of benzene rings is 2.